The normalized spacial score (nSPS) is 31.3. The molecular formula is C20H26N2O3. The summed E-state index contributed by atoms with van der Waals surface area (Å²) in [7, 11) is 0. The molecule has 4 rings (SSSR count). The van der Waals surface area contributed by atoms with Crippen molar-refractivity contribution < 1.29 is 14.3 Å². The SMILES string of the molecule is CCOC(=O)C1CC1CN1CCCC12Cc1ccccc1CNC2=O. The van der Waals surface area contributed by atoms with E-state index in [2.05, 4.69) is 28.4 Å². The fraction of sp³-hybridized carbons (Fsp3) is 0.600. The van der Waals surface area contributed by atoms with Gasteiger partial charge in [-0.2, -0.15) is 0 Å². The lowest BCUT2D eigenvalue weighted by molar-refractivity contribution is -0.145. The first-order valence-corrected chi connectivity index (χ1v) is 9.41. The number of fused-ring (bicyclic) bond motifs is 1. The minimum Gasteiger partial charge on any atom is -0.466 e. The molecule has 2 fully saturated rings. The van der Waals surface area contributed by atoms with Gasteiger partial charge in [-0.25, -0.2) is 0 Å². The molecule has 0 bridgehead atoms. The van der Waals surface area contributed by atoms with Crippen LogP contribution in [-0.2, 0) is 27.3 Å². The van der Waals surface area contributed by atoms with Crippen molar-refractivity contribution in [2.75, 3.05) is 19.7 Å². The predicted molar refractivity (Wildman–Crippen MR) is 93.8 cm³/mol. The van der Waals surface area contributed by atoms with E-state index in [0.29, 0.717) is 19.1 Å². The van der Waals surface area contributed by atoms with Gasteiger partial charge in [0.2, 0.25) is 5.91 Å². The number of hydrogen-bond acceptors (Lipinski definition) is 4. The van der Waals surface area contributed by atoms with Crippen LogP contribution in [0.5, 0.6) is 0 Å². The van der Waals surface area contributed by atoms with Gasteiger partial charge < -0.3 is 10.1 Å². The number of rotatable bonds is 4. The maximum absolute atomic E-state index is 13.0. The van der Waals surface area contributed by atoms with Crippen molar-refractivity contribution in [2.45, 2.75) is 44.7 Å². The van der Waals surface area contributed by atoms with E-state index in [1.165, 1.54) is 11.1 Å². The predicted octanol–water partition coefficient (Wildman–Crippen LogP) is 1.89. The third-order valence-corrected chi connectivity index (χ3v) is 6.05. The summed E-state index contributed by atoms with van der Waals surface area (Å²) < 4.78 is 5.15. The lowest BCUT2D eigenvalue weighted by atomic mass is 9.86. The minimum atomic E-state index is -0.450. The van der Waals surface area contributed by atoms with E-state index in [1.54, 1.807) is 0 Å². The van der Waals surface area contributed by atoms with Crippen LogP contribution in [0.15, 0.2) is 24.3 Å². The van der Waals surface area contributed by atoms with Crippen molar-refractivity contribution >= 4 is 11.9 Å². The van der Waals surface area contributed by atoms with Gasteiger partial charge in [0, 0.05) is 19.5 Å². The standard InChI is InChI=1S/C20H26N2O3/c1-2-25-18(23)17-10-16(17)13-22-9-5-8-20(22)11-14-6-3-4-7-15(14)12-21-19(20)24/h3-4,6-7,16-17H,2,5,8-13H2,1H3,(H,21,24). The van der Waals surface area contributed by atoms with Crippen molar-refractivity contribution in [1.29, 1.82) is 0 Å². The van der Waals surface area contributed by atoms with Crippen LogP contribution in [0.25, 0.3) is 0 Å². The number of carbonyl (C=O) groups excluding carboxylic acids is 2. The van der Waals surface area contributed by atoms with Gasteiger partial charge in [0.15, 0.2) is 0 Å². The third kappa shape index (κ3) is 2.95. The van der Waals surface area contributed by atoms with E-state index in [-0.39, 0.29) is 17.8 Å². The second-order valence-corrected chi connectivity index (χ2v) is 7.56. The lowest BCUT2D eigenvalue weighted by Gasteiger charge is -2.36. The van der Waals surface area contributed by atoms with Crippen molar-refractivity contribution in [3.05, 3.63) is 35.4 Å². The molecule has 0 radical (unpaired) electrons. The van der Waals surface area contributed by atoms with Gasteiger partial charge in [-0.15, -0.1) is 0 Å². The number of ether oxygens (including phenoxy) is 1. The molecule has 1 aliphatic carbocycles. The molecule has 5 nitrogen and oxygen atoms in total. The number of nitrogens with zero attached hydrogens (tertiary/aromatic N) is 1. The van der Waals surface area contributed by atoms with Crippen LogP contribution >= 0.6 is 0 Å². The zero-order valence-corrected chi connectivity index (χ0v) is 14.8. The Morgan fingerprint density at radius 3 is 2.96 bits per heavy atom. The molecule has 1 aromatic rings. The zero-order valence-electron chi connectivity index (χ0n) is 14.8. The van der Waals surface area contributed by atoms with Crippen molar-refractivity contribution in [2.24, 2.45) is 11.8 Å². The Morgan fingerprint density at radius 1 is 1.36 bits per heavy atom. The topological polar surface area (TPSA) is 58.6 Å². The average molecular weight is 342 g/mol. The van der Waals surface area contributed by atoms with Gasteiger partial charge in [-0.3, -0.25) is 14.5 Å². The van der Waals surface area contributed by atoms with Crippen LogP contribution < -0.4 is 5.32 Å². The number of esters is 1. The largest absolute Gasteiger partial charge is 0.466 e. The van der Waals surface area contributed by atoms with Crippen LogP contribution in [0.4, 0.5) is 0 Å². The second-order valence-electron chi connectivity index (χ2n) is 7.56. The summed E-state index contributed by atoms with van der Waals surface area (Å²) >= 11 is 0. The molecule has 2 aliphatic heterocycles. The number of nitrogens with one attached hydrogen (secondary N) is 1. The number of benzene rings is 1. The smallest absolute Gasteiger partial charge is 0.309 e. The second kappa shape index (κ2) is 6.45. The number of hydrogen-bond donors (Lipinski definition) is 1. The number of amides is 1. The Bertz CT molecular complexity index is 689. The quantitative estimate of drug-likeness (QED) is 0.849. The summed E-state index contributed by atoms with van der Waals surface area (Å²) in [5.74, 6) is 0.435. The van der Waals surface area contributed by atoms with Crippen LogP contribution in [0.2, 0.25) is 0 Å². The molecule has 1 spiro atoms. The van der Waals surface area contributed by atoms with Gasteiger partial charge in [0.05, 0.1) is 12.5 Å². The maximum Gasteiger partial charge on any atom is 0.309 e. The fourth-order valence-electron chi connectivity index (χ4n) is 4.57. The van der Waals surface area contributed by atoms with Crippen LogP contribution in [0.1, 0.15) is 37.3 Å². The highest BCUT2D eigenvalue weighted by molar-refractivity contribution is 5.88. The van der Waals surface area contributed by atoms with E-state index < -0.39 is 5.54 Å². The van der Waals surface area contributed by atoms with E-state index >= 15 is 0 Å². The molecule has 1 N–H and O–H groups in total. The Kier molecular flexibility index (Phi) is 4.28. The molecule has 3 aliphatic rings. The molecule has 1 amide bonds. The van der Waals surface area contributed by atoms with E-state index in [1.807, 2.05) is 13.0 Å². The van der Waals surface area contributed by atoms with E-state index in [4.69, 9.17) is 4.74 Å². The Hall–Kier alpha value is -1.88. The Balaban J connectivity index is 1.52. The van der Waals surface area contributed by atoms with Gasteiger partial charge in [-0.1, -0.05) is 24.3 Å². The summed E-state index contributed by atoms with van der Waals surface area (Å²) in [6.07, 6.45) is 3.59. The Labute approximate surface area is 148 Å². The maximum atomic E-state index is 13.0. The molecule has 1 aromatic carbocycles. The first-order chi connectivity index (χ1) is 12.1. The zero-order chi connectivity index (χ0) is 17.4. The highest BCUT2D eigenvalue weighted by atomic mass is 16.5. The van der Waals surface area contributed by atoms with E-state index in [9.17, 15) is 9.59 Å². The minimum absolute atomic E-state index is 0.0266. The summed E-state index contributed by atoms with van der Waals surface area (Å²) in [5.41, 5.74) is 2.04. The lowest BCUT2D eigenvalue weighted by Crippen LogP contribution is -2.56. The monoisotopic (exact) mass is 342 g/mol. The molecule has 0 aromatic heterocycles. The molecule has 25 heavy (non-hydrogen) atoms. The summed E-state index contributed by atoms with van der Waals surface area (Å²) in [6.45, 7) is 4.65. The Morgan fingerprint density at radius 2 is 2.16 bits per heavy atom. The molecule has 1 saturated carbocycles. The third-order valence-electron chi connectivity index (χ3n) is 6.05. The first-order valence-electron chi connectivity index (χ1n) is 9.41. The average Bonchev–Trinajstić information content (AvgIpc) is 3.29. The van der Waals surface area contributed by atoms with E-state index in [0.717, 1.165) is 38.8 Å². The fourth-order valence-corrected chi connectivity index (χ4v) is 4.57. The summed E-state index contributed by atoms with van der Waals surface area (Å²) in [4.78, 5) is 27.3. The highest BCUT2D eigenvalue weighted by Crippen LogP contribution is 2.44. The molecule has 5 heteroatoms. The summed E-state index contributed by atoms with van der Waals surface area (Å²) in [5, 5.41) is 3.14. The molecule has 3 atom stereocenters. The summed E-state index contributed by atoms with van der Waals surface area (Å²) in [6, 6.07) is 8.33. The van der Waals surface area contributed by atoms with Crippen molar-refractivity contribution in [3.63, 3.8) is 0 Å². The molecule has 1 saturated heterocycles. The number of carbonyl (C=O) groups is 2. The van der Waals surface area contributed by atoms with Gasteiger partial charge in [-0.05, 0) is 49.8 Å². The van der Waals surface area contributed by atoms with Gasteiger partial charge >= 0.3 is 5.97 Å². The first kappa shape index (κ1) is 16.6. The van der Waals surface area contributed by atoms with Crippen molar-refractivity contribution in [3.8, 4) is 0 Å². The molecule has 134 valence electrons. The highest BCUT2D eigenvalue weighted by Gasteiger charge is 2.52. The van der Waals surface area contributed by atoms with Crippen LogP contribution in [-0.4, -0.2) is 42.0 Å². The number of likely N-dealkylation sites (tertiary alicyclic amines) is 1. The van der Waals surface area contributed by atoms with Gasteiger partial charge in [0.1, 0.15) is 5.54 Å². The van der Waals surface area contributed by atoms with Gasteiger partial charge in [0.25, 0.3) is 0 Å². The van der Waals surface area contributed by atoms with Crippen LogP contribution in [0, 0.1) is 11.8 Å². The molecule has 2 heterocycles. The van der Waals surface area contributed by atoms with Crippen molar-refractivity contribution in [1.82, 2.24) is 10.2 Å². The molecule has 3 unspecified atom stereocenters. The molecular weight excluding hydrogens is 316 g/mol. The van der Waals surface area contributed by atoms with Crippen LogP contribution in [0.3, 0.4) is 0 Å².